The van der Waals surface area contributed by atoms with E-state index in [1.165, 1.54) is 0 Å². The second-order valence-electron chi connectivity index (χ2n) is 3.74. The summed E-state index contributed by atoms with van der Waals surface area (Å²) in [6.07, 6.45) is 2.10. The van der Waals surface area contributed by atoms with E-state index in [0.717, 1.165) is 19.4 Å². The first-order valence-electron chi connectivity index (χ1n) is 5.61. The highest BCUT2D eigenvalue weighted by molar-refractivity contribution is 5.74. The summed E-state index contributed by atoms with van der Waals surface area (Å²) >= 11 is 0. The molecule has 0 radical (unpaired) electrons. The molecule has 5 heteroatoms. The van der Waals surface area contributed by atoms with Crippen LogP contribution in [0.5, 0.6) is 0 Å². The van der Waals surface area contributed by atoms with Crippen LogP contribution in [0.3, 0.4) is 0 Å². The van der Waals surface area contributed by atoms with E-state index in [9.17, 15) is 4.79 Å². The number of ether oxygens (including phenoxy) is 1. The Morgan fingerprint density at radius 3 is 3.13 bits per heavy atom. The van der Waals surface area contributed by atoms with Crippen LogP contribution in [0.2, 0.25) is 0 Å². The molecule has 15 heavy (non-hydrogen) atoms. The van der Waals surface area contributed by atoms with Crippen molar-refractivity contribution in [1.29, 1.82) is 0 Å². The largest absolute Gasteiger partial charge is 0.377 e. The Bertz CT molecular complexity index is 199. The highest BCUT2D eigenvalue weighted by Gasteiger charge is 2.25. The van der Waals surface area contributed by atoms with Crippen molar-refractivity contribution < 1.29 is 9.53 Å². The van der Waals surface area contributed by atoms with Crippen molar-refractivity contribution in [3.63, 3.8) is 0 Å². The highest BCUT2D eigenvalue weighted by atomic mass is 16.5. The number of nitrogens with two attached hydrogens (primary N) is 1. The van der Waals surface area contributed by atoms with Crippen molar-refractivity contribution in [1.82, 2.24) is 10.2 Å². The molecule has 1 atom stereocenters. The summed E-state index contributed by atoms with van der Waals surface area (Å²) in [7, 11) is 0. The molecule has 1 saturated heterocycles. The second kappa shape index (κ2) is 6.63. The third-order valence-corrected chi connectivity index (χ3v) is 2.57. The first kappa shape index (κ1) is 12.3. The second-order valence-corrected chi connectivity index (χ2v) is 3.74. The molecule has 1 rings (SSSR count). The van der Waals surface area contributed by atoms with Crippen molar-refractivity contribution in [2.75, 3.05) is 32.8 Å². The number of carbonyl (C=O) groups is 1. The maximum absolute atomic E-state index is 11.7. The third-order valence-electron chi connectivity index (χ3n) is 2.57. The average molecular weight is 215 g/mol. The van der Waals surface area contributed by atoms with Gasteiger partial charge in [-0.05, 0) is 6.42 Å². The lowest BCUT2D eigenvalue weighted by molar-refractivity contribution is 0.0157. The molecule has 1 heterocycles. The predicted octanol–water partition coefficient (Wildman–Crippen LogP) is 0.156. The summed E-state index contributed by atoms with van der Waals surface area (Å²) in [5.41, 5.74) is 5.58. The van der Waals surface area contributed by atoms with Crippen molar-refractivity contribution in [2.45, 2.75) is 25.8 Å². The Morgan fingerprint density at radius 2 is 2.47 bits per heavy atom. The topological polar surface area (TPSA) is 67.6 Å². The average Bonchev–Trinajstić information content (AvgIpc) is 2.29. The molecule has 5 nitrogen and oxygen atoms in total. The molecule has 0 bridgehead atoms. The summed E-state index contributed by atoms with van der Waals surface area (Å²) in [6, 6.07) is 0.0163. The Labute approximate surface area is 90.9 Å². The fourth-order valence-electron chi connectivity index (χ4n) is 1.59. The van der Waals surface area contributed by atoms with Gasteiger partial charge in [-0.1, -0.05) is 13.3 Å². The van der Waals surface area contributed by atoms with Gasteiger partial charge in [0.05, 0.1) is 19.3 Å². The predicted molar refractivity (Wildman–Crippen MR) is 58.7 cm³/mol. The number of hydrogen-bond donors (Lipinski definition) is 2. The summed E-state index contributed by atoms with van der Waals surface area (Å²) in [5.74, 6) is 0. The van der Waals surface area contributed by atoms with Gasteiger partial charge in [-0.2, -0.15) is 0 Å². The smallest absolute Gasteiger partial charge is 0.317 e. The normalized spacial score (nSPS) is 21.5. The SMILES string of the molecule is CCCCNC(=O)N1CCOCC1CN. The Kier molecular flexibility index (Phi) is 5.42. The maximum atomic E-state index is 11.7. The Morgan fingerprint density at radius 1 is 1.67 bits per heavy atom. The Balaban J connectivity index is 2.34. The van der Waals surface area contributed by atoms with Gasteiger partial charge in [0.15, 0.2) is 0 Å². The van der Waals surface area contributed by atoms with E-state index in [2.05, 4.69) is 12.2 Å². The minimum atomic E-state index is -0.0119. The lowest BCUT2D eigenvalue weighted by atomic mass is 10.2. The molecular formula is C10H21N3O2. The van der Waals surface area contributed by atoms with Crippen LogP contribution in [0.1, 0.15) is 19.8 Å². The van der Waals surface area contributed by atoms with Crippen LogP contribution >= 0.6 is 0 Å². The number of rotatable bonds is 4. The molecule has 88 valence electrons. The third kappa shape index (κ3) is 3.68. The van der Waals surface area contributed by atoms with Crippen LogP contribution in [0, 0.1) is 0 Å². The van der Waals surface area contributed by atoms with E-state index in [1.807, 2.05) is 0 Å². The molecule has 0 spiro atoms. The van der Waals surface area contributed by atoms with Crippen LogP contribution in [-0.2, 0) is 4.74 Å². The van der Waals surface area contributed by atoms with Crippen LogP contribution < -0.4 is 11.1 Å². The quantitative estimate of drug-likeness (QED) is 0.656. The van der Waals surface area contributed by atoms with Gasteiger partial charge in [-0.25, -0.2) is 4.79 Å². The molecule has 0 saturated carbocycles. The van der Waals surface area contributed by atoms with Gasteiger partial charge in [-0.3, -0.25) is 0 Å². The van der Waals surface area contributed by atoms with E-state index in [0.29, 0.717) is 26.3 Å². The lowest BCUT2D eigenvalue weighted by Gasteiger charge is -2.34. The first-order valence-corrected chi connectivity index (χ1v) is 5.61. The minimum absolute atomic E-state index is 0.0119. The highest BCUT2D eigenvalue weighted by Crippen LogP contribution is 2.05. The zero-order valence-electron chi connectivity index (χ0n) is 9.37. The van der Waals surface area contributed by atoms with Gasteiger partial charge in [0.1, 0.15) is 0 Å². The van der Waals surface area contributed by atoms with Crippen molar-refractivity contribution in [3.05, 3.63) is 0 Å². The van der Waals surface area contributed by atoms with Crippen LogP contribution in [0.25, 0.3) is 0 Å². The number of carbonyl (C=O) groups excluding carboxylic acids is 1. The van der Waals surface area contributed by atoms with E-state index in [4.69, 9.17) is 10.5 Å². The number of morpholine rings is 1. The Hall–Kier alpha value is -0.810. The standard InChI is InChI=1S/C10H21N3O2/c1-2-3-4-12-10(14)13-5-6-15-8-9(13)7-11/h9H,2-8,11H2,1H3,(H,12,14). The number of hydrogen-bond acceptors (Lipinski definition) is 3. The first-order chi connectivity index (χ1) is 7.29. The van der Waals surface area contributed by atoms with Gasteiger partial charge in [0.25, 0.3) is 0 Å². The molecule has 0 aromatic heterocycles. The lowest BCUT2D eigenvalue weighted by Crippen LogP contribution is -2.55. The van der Waals surface area contributed by atoms with Gasteiger partial charge < -0.3 is 20.7 Å². The van der Waals surface area contributed by atoms with E-state index in [-0.39, 0.29) is 12.1 Å². The number of nitrogens with one attached hydrogen (secondary N) is 1. The van der Waals surface area contributed by atoms with E-state index < -0.39 is 0 Å². The minimum Gasteiger partial charge on any atom is -0.377 e. The molecule has 1 unspecified atom stereocenters. The molecule has 0 aromatic rings. The fourth-order valence-corrected chi connectivity index (χ4v) is 1.59. The number of unbranched alkanes of at least 4 members (excludes halogenated alkanes) is 1. The molecule has 1 fully saturated rings. The molecule has 3 N–H and O–H groups in total. The summed E-state index contributed by atoms with van der Waals surface area (Å²) in [6.45, 7) is 5.10. The fraction of sp³-hybridized carbons (Fsp3) is 0.900. The van der Waals surface area contributed by atoms with Crippen LogP contribution in [0.15, 0.2) is 0 Å². The molecule has 0 aliphatic carbocycles. The molecule has 1 aliphatic heterocycles. The molecular weight excluding hydrogens is 194 g/mol. The monoisotopic (exact) mass is 215 g/mol. The van der Waals surface area contributed by atoms with Crippen LogP contribution in [-0.4, -0.2) is 49.8 Å². The molecule has 0 aromatic carbocycles. The van der Waals surface area contributed by atoms with Crippen molar-refractivity contribution >= 4 is 6.03 Å². The van der Waals surface area contributed by atoms with E-state index in [1.54, 1.807) is 4.90 Å². The number of urea groups is 1. The van der Waals surface area contributed by atoms with Gasteiger partial charge in [0.2, 0.25) is 0 Å². The summed E-state index contributed by atoms with van der Waals surface area (Å²) < 4.78 is 5.28. The van der Waals surface area contributed by atoms with Gasteiger partial charge in [-0.15, -0.1) is 0 Å². The number of nitrogens with zero attached hydrogens (tertiary/aromatic N) is 1. The summed E-state index contributed by atoms with van der Waals surface area (Å²) in [4.78, 5) is 13.5. The van der Waals surface area contributed by atoms with Gasteiger partial charge in [0, 0.05) is 19.6 Å². The van der Waals surface area contributed by atoms with Crippen LogP contribution in [0.4, 0.5) is 4.79 Å². The van der Waals surface area contributed by atoms with E-state index >= 15 is 0 Å². The van der Waals surface area contributed by atoms with Gasteiger partial charge >= 0.3 is 6.03 Å². The zero-order valence-corrected chi connectivity index (χ0v) is 9.37. The zero-order chi connectivity index (χ0) is 11.1. The van der Waals surface area contributed by atoms with Crippen molar-refractivity contribution in [3.8, 4) is 0 Å². The summed E-state index contributed by atoms with van der Waals surface area (Å²) in [5, 5.41) is 2.89. The maximum Gasteiger partial charge on any atom is 0.317 e. The molecule has 1 aliphatic rings. The molecule has 2 amide bonds. The number of amides is 2. The van der Waals surface area contributed by atoms with Crippen molar-refractivity contribution in [2.24, 2.45) is 5.73 Å².